The lowest BCUT2D eigenvalue weighted by Crippen LogP contribution is -2.52. The van der Waals surface area contributed by atoms with E-state index >= 15 is 0 Å². The summed E-state index contributed by atoms with van der Waals surface area (Å²) in [7, 11) is 1.61. The fourth-order valence-electron chi connectivity index (χ4n) is 3.30. The Morgan fingerprint density at radius 2 is 2.07 bits per heavy atom. The third-order valence-electron chi connectivity index (χ3n) is 3.97. The van der Waals surface area contributed by atoms with E-state index in [-0.39, 0.29) is 17.3 Å². The molecule has 0 amide bonds. The Labute approximate surface area is 82.7 Å². The summed E-state index contributed by atoms with van der Waals surface area (Å²) in [6.45, 7) is 3.90. The first-order chi connectivity index (χ1) is 6.37. The van der Waals surface area contributed by atoms with Crippen LogP contribution in [0.1, 0.15) is 20.3 Å². The number of alkyl halides is 1. The topological polar surface area (TPSA) is 49.3 Å². The first kappa shape index (κ1) is 9.90. The predicted molar refractivity (Wildman–Crippen MR) is 49.7 cm³/mol. The lowest BCUT2D eigenvalue weighted by molar-refractivity contribution is -0.146. The molecule has 2 aliphatic rings. The van der Waals surface area contributed by atoms with Crippen molar-refractivity contribution in [3.8, 4) is 0 Å². The molecule has 2 N–H and O–H groups in total. The zero-order chi connectivity index (χ0) is 10.7. The molecular formula is C10H16FNO2. The highest BCUT2D eigenvalue weighted by Crippen LogP contribution is 2.67. The van der Waals surface area contributed by atoms with Gasteiger partial charge in [0.2, 0.25) is 0 Å². The Kier molecular flexibility index (Phi) is 1.75. The van der Waals surface area contributed by atoms with Gasteiger partial charge in [0.1, 0.15) is 11.7 Å². The molecule has 4 atom stereocenters. The minimum absolute atomic E-state index is 0.0777. The van der Waals surface area contributed by atoms with Gasteiger partial charge in [-0.25, -0.2) is 4.39 Å². The molecular weight excluding hydrogens is 185 g/mol. The summed E-state index contributed by atoms with van der Waals surface area (Å²) in [6, 6.07) is 0. The van der Waals surface area contributed by atoms with Crippen LogP contribution in [-0.4, -0.2) is 29.8 Å². The van der Waals surface area contributed by atoms with Crippen molar-refractivity contribution in [2.24, 2.45) is 17.3 Å². The highest BCUT2D eigenvalue weighted by molar-refractivity contribution is 5.81. The first-order valence-corrected chi connectivity index (χ1v) is 4.93. The van der Waals surface area contributed by atoms with E-state index in [0.29, 0.717) is 6.42 Å². The van der Waals surface area contributed by atoms with Gasteiger partial charge < -0.3 is 10.4 Å². The Morgan fingerprint density at radius 3 is 2.29 bits per heavy atom. The molecule has 0 aromatic carbocycles. The van der Waals surface area contributed by atoms with E-state index in [2.05, 4.69) is 5.32 Å². The maximum Gasteiger partial charge on any atom is 0.324 e. The van der Waals surface area contributed by atoms with E-state index in [0.717, 1.165) is 0 Å². The average molecular weight is 201 g/mol. The molecule has 0 heterocycles. The lowest BCUT2D eigenvalue weighted by atomic mass is 9.81. The molecule has 0 aromatic heterocycles. The Morgan fingerprint density at radius 1 is 1.50 bits per heavy atom. The van der Waals surface area contributed by atoms with E-state index in [9.17, 15) is 14.3 Å². The minimum Gasteiger partial charge on any atom is -0.480 e. The van der Waals surface area contributed by atoms with Crippen LogP contribution in [-0.2, 0) is 4.79 Å². The summed E-state index contributed by atoms with van der Waals surface area (Å²) >= 11 is 0. The number of hydrogen-bond acceptors (Lipinski definition) is 2. The largest absolute Gasteiger partial charge is 0.480 e. The monoisotopic (exact) mass is 201 g/mol. The highest BCUT2D eigenvalue weighted by Gasteiger charge is 2.75. The van der Waals surface area contributed by atoms with E-state index in [4.69, 9.17) is 0 Å². The van der Waals surface area contributed by atoms with Crippen molar-refractivity contribution in [2.75, 3.05) is 7.05 Å². The molecule has 2 saturated carbocycles. The SMILES string of the molecule is CNC1(C(=O)O)CC(C)(C)C2C(F)C21. The van der Waals surface area contributed by atoms with Crippen molar-refractivity contribution >= 4 is 5.97 Å². The van der Waals surface area contributed by atoms with Crippen LogP contribution in [0.3, 0.4) is 0 Å². The maximum absolute atomic E-state index is 13.5. The third-order valence-corrected chi connectivity index (χ3v) is 3.97. The van der Waals surface area contributed by atoms with E-state index in [1.807, 2.05) is 13.8 Å². The van der Waals surface area contributed by atoms with Gasteiger partial charge in [-0.15, -0.1) is 0 Å². The predicted octanol–water partition coefficient (Wildman–Crippen LogP) is 1.04. The van der Waals surface area contributed by atoms with Crippen molar-refractivity contribution in [1.82, 2.24) is 5.32 Å². The van der Waals surface area contributed by atoms with Crippen molar-refractivity contribution < 1.29 is 14.3 Å². The molecule has 2 aliphatic carbocycles. The van der Waals surface area contributed by atoms with E-state index in [1.54, 1.807) is 7.05 Å². The number of fused-ring (bicyclic) bond motifs is 1. The normalized spacial score (nSPS) is 48.7. The number of likely N-dealkylation sites (N-methyl/N-ethyl adjacent to an activating group) is 1. The molecule has 80 valence electrons. The van der Waals surface area contributed by atoms with Crippen molar-refractivity contribution in [3.05, 3.63) is 0 Å². The lowest BCUT2D eigenvalue weighted by Gasteiger charge is -2.31. The molecule has 0 saturated heterocycles. The second-order valence-electron chi connectivity index (χ2n) is 5.19. The summed E-state index contributed by atoms with van der Waals surface area (Å²) in [5.74, 6) is -1.33. The standard InChI is InChI=1S/C10H16FNO2/c1-9(2)4-10(12-3,8(13)14)6-5(9)7(6)11/h5-7,12H,4H2,1-3H3,(H,13,14). The third kappa shape index (κ3) is 0.922. The van der Waals surface area contributed by atoms with Gasteiger partial charge in [0.15, 0.2) is 0 Å². The van der Waals surface area contributed by atoms with Gasteiger partial charge in [0.25, 0.3) is 0 Å². The zero-order valence-corrected chi connectivity index (χ0v) is 8.67. The van der Waals surface area contributed by atoms with Crippen LogP contribution in [0, 0.1) is 17.3 Å². The molecule has 2 rings (SSSR count). The molecule has 0 spiro atoms. The number of carboxylic acids is 1. The summed E-state index contributed by atoms with van der Waals surface area (Å²) in [5, 5.41) is 12.0. The van der Waals surface area contributed by atoms with Crippen LogP contribution in [0.2, 0.25) is 0 Å². The summed E-state index contributed by atoms with van der Waals surface area (Å²) in [4.78, 5) is 11.2. The maximum atomic E-state index is 13.5. The van der Waals surface area contributed by atoms with Gasteiger partial charge in [-0.2, -0.15) is 0 Å². The molecule has 0 aliphatic heterocycles. The summed E-state index contributed by atoms with van der Waals surface area (Å²) < 4.78 is 13.5. The molecule has 0 bridgehead atoms. The quantitative estimate of drug-likeness (QED) is 0.702. The second-order valence-corrected chi connectivity index (χ2v) is 5.19. The smallest absolute Gasteiger partial charge is 0.324 e. The molecule has 4 unspecified atom stereocenters. The molecule has 0 aromatic rings. The highest BCUT2D eigenvalue weighted by atomic mass is 19.1. The Bertz CT molecular complexity index is 292. The van der Waals surface area contributed by atoms with E-state index in [1.165, 1.54) is 0 Å². The molecule has 2 fully saturated rings. The van der Waals surface area contributed by atoms with E-state index < -0.39 is 17.7 Å². The number of nitrogens with one attached hydrogen (secondary N) is 1. The van der Waals surface area contributed by atoms with Gasteiger partial charge in [-0.05, 0) is 18.9 Å². The van der Waals surface area contributed by atoms with Crippen molar-refractivity contribution in [2.45, 2.75) is 32.0 Å². The van der Waals surface area contributed by atoms with Gasteiger partial charge in [0.05, 0.1) is 0 Å². The van der Waals surface area contributed by atoms with Crippen LogP contribution in [0.15, 0.2) is 0 Å². The number of rotatable bonds is 2. The molecule has 4 heteroatoms. The fourth-order valence-corrected chi connectivity index (χ4v) is 3.30. The van der Waals surface area contributed by atoms with Crippen LogP contribution >= 0.6 is 0 Å². The summed E-state index contributed by atoms with van der Waals surface area (Å²) in [6.07, 6.45) is -0.427. The number of halogens is 1. The first-order valence-electron chi connectivity index (χ1n) is 4.93. The number of aliphatic carboxylic acids is 1. The Hall–Kier alpha value is -0.640. The second kappa shape index (κ2) is 2.48. The molecule has 0 radical (unpaired) electrons. The molecule has 14 heavy (non-hydrogen) atoms. The van der Waals surface area contributed by atoms with Crippen molar-refractivity contribution in [3.63, 3.8) is 0 Å². The van der Waals surface area contributed by atoms with Gasteiger partial charge in [-0.1, -0.05) is 13.8 Å². The van der Waals surface area contributed by atoms with Gasteiger partial charge in [0, 0.05) is 11.8 Å². The van der Waals surface area contributed by atoms with Gasteiger partial charge in [-0.3, -0.25) is 4.79 Å². The number of hydrogen-bond donors (Lipinski definition) is 2. The van der Waals surface area contributed by atoms with Crippen LogP contribution < -0.4 is 5.32 Å². The number of carboxylic acid groups (broad SMARTS) is 1. The fraction of sp³-hybridized carbons (Fsp3) is 0.900. The molecule has 3 nitrogen and oxygen atoms in total. The van der Waals surface area contributed by atoms with Crippen molar-refractivity contribution in [1.29, 1.82) is 0 Å². The summed E-state index contributed by atoms with van der Waals surface area (Å²) in [5.41, 5.74) is -1.24. The average Bonchev–Trinajstić information content (AvgIpc) is 2.65. The number of carbonyl (C=O) groups is 1. The van der Waals surface area contributed by atoms with Crippen LogP contribution in [0.5, 0.6) is 0 Å². The minimum atomic E-state index is -1.03. The Balaban J connectivity index is 2.36. The van der Waals surface area contributed by atoms with Crippen LogP contribution in [0.25, 0.3) is 0 Å². The zero-order valence-electron chi connectivity index (χ0n) is 8.67. The van der Waals surface area contributed by atoms with Crippen LogP contribution in [0.4, 0.5) is 4.39 Å². The van der Waals surface area contributed by atoms with Gasteiger partial charge >= 0.3 is 5.97 Å².